The Morgan fingerprint density at radius 3 is 2.11 bits per heavy atom. The van der Waals surface area contributed by atoms with Crippen molar-refractivity contribution in [2.45, 2.75) is 36.7 Å². The first-order valence-electron chi connectivity index (χ1n) is 12.4. The van der Waals surface area contributed by atoms with Crippen molar-refractivity contribution in [3.8, 4) is 5.75 Å². The molecular formula is C29H35N3O6. The molecular weight excluding hydrogens is 486 g/mol. The van der Waals surface area contributed by atoms with Gasteiger partial charge in [-0.3, -0.25) is 4.79 Å². The summed E-state index contributed by atoms with van der Waals surface area (Å²) in [6.45, 7) is -0.721. The Morgan fingerprint density at radius 1 is 0.921 bits per heavy atom. The van der Waals surface area contributed by atoms with Crippen LogP contribution in [0.4, 0.5) is 4.79 Å². The number of alkyl carbamates (subject to hydrolysis) is 1. The highest BCUT2D eigenvalue weighted by atomic mass is 16.6. The summed E-state index contributed by atoms with van der Waals surface area (Å²) in [6.07, 6.45) is -2.18. The summed E-state index contributed by atoms with van der Waals surface area (Å²) in [5.41, 5.74) is 10.9. The largest absolute Gasteiger partial charge is 0.486 e. The lowest BCUT2D eigenvalue weighted by Gasteiger charge is -2.36. The van der Waals surface area contributed by atoms with Gasteiger partial charge in [0.1, 0.15) is 24.6 Å². The molecule has 9 heteroatoms. The maximum Gasteiger partial charge on any atom is 0.407 e. The quantitative estimate of drug-likeness (QED) is 0.216. The number of nitrogens with one attached hydrogen (secondary N) is 1. The minimum atomic E-state index is -2.47. The molecule has 0 aliphatic rings. The zero-order chi connectivity index (χ0) is 27.4. The van der Waals surface area contributed by atoms with E-state index in [1.165, 1.54) is 0 Å². The van der Waals surface area contributed by atoms with Crippen molar-refractivity contribution in [3.05, 3.63) is 102 Å². The average Bonchev–Trinajstić information content (AvgIpc) is 2.95. The molecule has 0 spiro atoms. The predicted molar refractivity (Wildman–Crippen MR) is 143 cm³/mol. The summed E-state index contributed by atoms with van der Waals surface area (Å²) in [7, 11) is 0. The van der Waals surface area contributed by atoms with E-state index < -0.39 is 48.9 Å². The van der Waals surface area contributed by atoms with Crippen LogP contribution in [0.15, 0.2) is 91.0 Å². The fourth-order valence-electron chi connectivity index (χ4n) is 4.06. The van der Waals surface area contributed by atoms with Crippen LogP contribution in [0.5, 0.6) is 5.75 Å². The standard InChI is InChI=1S/C29H35N3O6/c30-17-16-24(18-21-10-4-1-5-11-21)38-28(35)32-19-25(33)29(36,27(31)22-12-6-2-7-13-22)26(34)20-37-23-14-8-3-9-15-23/h1-15,24-25,27,33,36H,16-20,30-31H2,(H,32,35). The molecule has 3 aromatic carbocycles. The fraction of sp³-hybridized carbons (Fsp3) is 0.310. The Kier molecular flexibility index (Phi) is 10.8. The number of hydrogen-bond acceptors (Lipinski definition) is 8. The lowest BCUT2D eigenvalue weighted by molar-refractivity contribution is -0.156. The molecule has 7 N–H and O–H groups in total. The Hall–Kier alpha value is -3.76. The van der Waals surface area contributed by atoms with Crippen LogP contribution < -0.4 is 21.5 Å². The number of aliphatic hydroxyl groups is 2. The van der Waals surface area contributed by atoms with E-state index in [0.29, 0.717) is 30.7 Å². The predicted octanol–water partition coefficient (Wildman–Crippen LogP) is 2.11. The highest BCUT2D eigenvalue weighted by Crippen LogP contribution is 2.29. The van der Waals surface area contributed by atoms with E-state index in [-0.39, 0.29) is 0 Å². The van der Waals surface area contributed by atoms with Crippen LogP contribution in [-0.2, 0) is 16.0 Å². The van der Waals surface area contributed by atoms with Crippen LogP contribution in [0.2, 0.25) is 0 Å². The van der Waals surface area contributed by atoms with E-state index in [1.54, 1.807) is 60.7 Å². The van der Waals surface area contributed by atoms with E-state index >= 15 is 0 Å². The van der Waals surface area contributed by atoms with Gasteiger partial charge >= 0.3 is 6.09 Å². The summed E-state index contributed by atoms with van der Waals surface area (Å²) < 4.78 is 11.0. The molecule has 3 rings (SSSR count). The number of carbonyl (C=O) groups is 2. The second-order valence-corrected chi connectivity index (χ2v) is 8.93. The number of hydrogen-bond donors (Lipinski definition) is 5. The third-order valence-electron chi connectivity index (χ3n) is 6.21. The number of aliphatic hydroxyl groups excluding tert-OH is 1. The van der Waals surface area contributed by atoms with Gasteiger partial charge in [-0.1, -0.05) is 78.9 Å². The number of ketones is 1. The molecule has 4 atom stereocenters. The summed E-state index contributed by atoms with van der Waals surface area (Å²) in [5, 5.41) is 24.9. The van der Waals surface area contributed by atoms with Gasteiger partial charge in [0, 0.05) is 6.42 Å². The van der Waals surface area contributed by atoms with Crippen molar-refractivity contribution in [3.63, 3.8) is 0 Å². The maximum atomic E-state index is 13.2. The highest BCUT2D eigenvalue weighted by Gasteiger charge is 2.49. The van der Waals surface area contributed by atoms with Crippen molar-refractivity contribution < 1.29 is 29.3 Å². The number of ether oxygens (including phenoxy) is 2. The monoisotopic (exact) mass is 521 g/mol. The van der Waals surface area contributed by atoms with Crippen molar-refractivity contribution in [1.82, 2.24) is 5.32 Å². The van der Waals surface area contributed by atoms with Gasteiger partial charge in [-0.05, 0) is 36.2 Å². The van der Waals surface area contributed by atoms with E-state index in [0.717, 1.165) is 5.56 Å². The normalized spacial score (nSPS) is 14.9. The molecule has 38 heavy (non-hydrogen) atoms. The molecule has 0 aliphatic carbocycles. The van der Waals surface area contributed by atoms with Crippen molar-refractivity contribution in [2.24, 2.45) is 11.5 Å². The molecule has 202 valence electrons. The van der Waals surface area contributed by atoms with E-state index in [9.17, 15) is 19.8 Å². The maximum absolute atomic E-state index is 13.2. The van der Waals surface area contributed by atoms with E-state index in [1.807, 2.05) is 30.3 Å². The van der Waals surface area contributed by atoms with Gasteiger partial charge in [0.25, 0.3) is 0 Å². The van der Waals surface area contributed by atoms with Gasteiger partial charge in [-0.2, -0.15) is 0 Å². The lowest BCUT2D eigenvalue weighted by Crippen LogP contribution is -2.61. The Bertz CT molecular complexity index is 1130. The summed E-state index contributed by atoms with van der Waals surface area (Å²) in [4.78, 5) is 25.8. The molecule has 0 saturated carbocycles. The molecule has 4 unspecified atom stereocenters. The minimum absolute atomic E-state index is 0.314. The molecule has 0 radical (unpaired) electrons. The summed E-state index contributed by atoms with van der Waals surface area (Å²) in [5.74, 6) is -0.428. The van der Waals surface area contributed by atoms with Crippen molar-refractivity contribution in [1.29, 1.82) is 0 Å². The molecule has 0 bridgehead atoms. The number of amides is 1. The third-order valence-corrected chi connectivity index (χ3v) is 6.21. The van der Waals surface area contributed by atoms with Crippen LogP contribution in [0, 0.1) is 0 Å². The minimum Gasteiger partial charge on any atom is -0.486 e. The van der Waals surface area contributed by atoms with Crippen LogP contribution >= 0.6 is 0 Å². The number of nitrogens with two attached hydrogens (primary N) is 2. The first-order valence-corrected chi connectivity index (χ1v) is 12.4. The second-order valence-electron chi connectivity index (χ2n) is 8.93. The van der Waals surface area contributed by atoms with Crippen LogP contribution in [0.25, 0.3) is 0 Å². The molecule has 0 fully saturated rings. The lowest BCUT2D eigenvalue weighted by atomic mass is 9.81. The Labute approximate surface area is 222 Å². The van der Waals surface area contributed by atoms with Gasteiger partial charge in [-0.25, -0.2) is 4.79 Å². The number of benzene rings is 3. The van der Waals surface area contributed by atoms with Gasteiger partial charge < -0.3 is 36.5 Å². The molecule has 0 saturated heterocycles. The number of Topliss-reactive ketones (excluding diaryl/α,β-unsaturated/α-hetero) is 1. The Morgan fingerprint density at radius 2 is 1.50 bits per heavy atom. The van der Waals surface area contributed by atoms with Crippen molar-refractivity contribution >= 4 is 11.9 Å². The van der Waals surface area contributed by atoms with Gasteiger partial charge in [0.2, 0.25) is 5.78 Å². The van der Waals surface area contributed by atoms with Crippen LogP contribution in [0.3, 0.4) is 0 Å². The zero-order valence-corrected chi connectivity index (χ0v) is 21.1. The number of para-hydroxylation sites is 1. The topological polar surface area (TPSA) is 157 Å². The van der Waals surface area contributed by atoms with Gasteiger partial charge in [-0.15, -0.1) is 0 Å². The van der Waals surface area contributed by atoms with Crippen molar-refractivity contribution in [2.75, 3.05) is 19.7 Å². The smallest absolute Gasteiger partial charge is 0.407 e. The summed E-state index contributed by atoms with van der Waals surface area (Å²) >= 11 is 0. The molecule has 3 aromatic rings. The number of carbonyl (C=O) groups excluding carboxylic acids is 2. The van der Waals surface area contributed by atoms with E-state index in [2.05, 4.69) is 5.32 Å². The van der Waals surface area contributed by atoms with Crippen LogP contribution in [-0.4, -0.2) is 59.6 Å². The van der Waals surface area contributed by atoms with Crippen LogP contribution in [0.1, 0.15) is 23.6 Å². The molecule has 0 heterocycles. The highest BCUT2D eigenvalue weighted by molar-refractivity contribution is 5.90. The average molecular weight is 522 g/mol. The van der Waals surface area contributed by atoms with Gasteiger partial charge in [0.05, 0.1) is 12.6 Å². The third kappa shape index (κ3) is 7.87. The first-order chi connectivity index (χ1) is 18.3. The van der Waals surface area contributed by atoms with Gasteiger partial charge in [0.15, 0.2) is 5.60 Å². The summed E-state index contributed by atoms with van der Waals surface area (Å²) in [6, 6.07) is 25.2. The number of rotatable bonds is 14. The molecule has 9 nitrogen and oxygen atoms in total. The molecule has 0 aliphatic heterocycles. The molecule has 1 amide bonds. The molecule has 0 aromatic heterocycles. The SMILES string of the molecule is NCCC(Cc1ccccc1)OC(=O)NCC(O)C(O)(C(=O)COc1ccccc1)C(N)c1ccccc1. The zero-order valence-electron chi connectivity index (χ0n) is 21.1. The first kappa shape index (κ1) is 28.8. The fourth-order valence-corrected chi connectivity index (χ4v) is 4.06. The van der Waals surface area contributed by atoms with E-state index in [4.69, 9.17) is 20.9 Å². The Balaban J connectivity index is 1.69. The second kappa shape index (κ2) is 14.3.